The third-order valence-corrected chi connectivity index (χ3v) is 4.55. The summed E-state index contributed by atoms with van der Waals surface area (Å²) in [7, 11) is 3.00. The summed E-state index contributed by atoms with van der Waals surface area (Å²) < 4.78 is 21.4. The van der Waals surface area contributed by atoms with Crippen molar-refractivity contribution < 1.29 is 28.5 Å². The standard InChI is InChI=1S/C22H26ClN3O6/c1-6-31-17-8-9-18(32-7-2)21(19(17)23)24-22(28)20(13(3)27)26-25-14-10-15(29-4)12-16(11-14)30-5/h8-12,20H,6-7H2,1-5H3,(H,24,28). The van der Waals surface area contributed by atoms with Crippen LogP contribution in [0.2, 0.25) is 5.02 Å². The minimum absolute atomic E-state index is 0.155. The van der Waals surface area contributed by atoms with Crippen molar-refractivity contribution in [3.05, 3.63) is 35.4 Å². The highest BCUT2D eigenvalue weighted by Gasteiger charge is 2.26. The van der Waals surface area contributed by atoms with Crippen molar-refractivity contribution in [2.45, 2.75) is 26.8 Å². The molecule has 32 heavy (non-hydrogen) atoms. The number of ketones is 1. The Kier molecular flexibility index (Phi) is 9.27. The molecule has 9 nitrogen and oxygen atoms in total. The summed E-state index contributed by atoms with van der Waals surface area (Å²) in [5.74, 6) is 0.471. The van der Waals surface area contributed by atoms with E-state index in [1.807, 2.05) is 6.92 Å². The van der Waals surface area contributed by atoms with Crippen molar-refractivity contribution in [2.24, 2.45) is 10.2 Å². The summed E-state index contributed by atoms with van der Waals surface area (Å²) >= 11 is 6.41. The highest BCUT2D eigenvalue weighted by atomic mass is 35.5. The SMILES string of the molecule is CCOc1ccc(OCC)c(NC(=O)C(N=Nc2cc(OC)cc(OC)c2)C(C)=O)c1Cl. The Bertz CT molecular complexity index is 974. The highest BCUT2D eigenvalue weighted by Crippen LogP contribution is 2.40. The summed E-state index contributed by atoms with van der Waals surface area (Å²) in [5.41, 5.74) is 0.542. The van der Waals surface area contributed by atoms with Crippen LogP contribution in [-0.2, 0) is 9.59 Å². The quantitative estimate of drug-likeness (QED) is 0.377. The summed E-state index contributed by atoms with van der Waals surface area (Å²) in [4.78, 5) is 25.1. The fraction of sp³-hybridized carbons (Fsp3) is 0.364. The number of hydrogen-bond donors (Lipinski definition) is 1. The molecule has 1 N–H and O–H groups in total. The Morgan fingerprint density at radius 3 is 2.09 bits per heavy atom. The summed E-state index contributed by atoms with van der Waals surface area (Å²) in [6, 6.07) is 6.71. The first-order chi connectivity index (χ1) is 15.3. The first-order valence-electron chi connectivity index (χ1n) is 9.87. The zero-order valence-electron chi connectivity index (χ0n) is 18.6. The second-order valence-corrected chi connectivity index (χ2v) is 6.78. The molecule has 0 radical (unpaired) electrons. The van der Waals surface area contributed by atoms with Crippen LogP contribution in [0.15, 0.2) is 40.6 Å². The molecule has 0 bridgehead atoms. The second kappa shape index (κ2) is 11.9. The van der Waals surface area contributed by atoms with E-state index < -0.39 is 17.7 Å². The number of Topliss-reactive ketones (excluding diaryl/α,β-unsaturated/α-hetero) is 1. The molecule has 2 aromatic carbocycles. The molecular formula is C22H26ClN3O6. The van der Waals surface area contributed by atoms with E-state index >= 15 is 0 Å². The van der Waals surface area contributed by atoms with E-state index in [1.165, 1.54) is 21.1 Å². The van der Waals surface area contributed by atoms with Gasteiger partial charge in [-0.2, -0.15) is 10.2 Å². The number of hydrogen-bond acceptors (Lipinski definition) is 8. The Labute approximate surface area is 191 Å². The van der Waals surface area contributed by atoms with Crippen LogP contribution in [0.3, 0.4) is 0 Å². The molecule has 0 spiro atoms. The molecule has 2 aromatic rings. The van der Waals surface area contributed by atoms with E-state index in [4.69, 9.17) is 30.5 Å². The van der Waals surface area contributed by atoms with Gasteiger partial charge in [0.25, 0.3) is 5.91 Å². The lowest BCUT2D eigenvalue weighted by Crippen LogP contribution is -2.32. The number of azo groups is 1. The molecule has 10 heteroatoms. The van der Waals surface area contributed by atoms with Crippen LogP contribution >= 0.6 is 11.6 Å². The van der Waals surface area contributed by atoms with Crippen LogP contribution in [0, 0.1) is 0 Å². The predicted octanol–water partition coefficient (Wildman–Crippen LogP) is 4.83. The topological polar surface area (TPSA) is 108 Å². The number of rotatable bonds is 11. The summed E-state index contributed by atoms with van der Waals surface area (Å²) in [6.07, 6.45) is 0. The lowest BCUT2D eigenvalue weighted by Gasteiger charge is -2.17. The van der Waals surface area contributed by atoms with Crippen LogP contribution in [0.25, 0.3) is 0 Å². The Balaban J connectivity index is 2.34. The molecule has 0 aliphatic carbocycles. The fourth-order valence-electron chi connectivity index (χ4n) is 2.68. The van der Waals surface area contributed by atoms with Gasteiger partial charge in [0.1, 0.15) is 33.7 Å². The number of anilines is 1. The Morgan fingerprint density at radius 2 is 1.56 bits per heavy atom. The number of nitrogens with zero attached hydrogens (tertiary/aromatic N) is 2. The summed E-state index contributed by atoms with van der Waals surface area (Å²) in [5, 5.41) is 10.8. The van der Waals surface area contributed by atoms with E-state index in [9.17, 15) is 9.59 Å². The highest BCUT2D eigenvalue weighted by molar-refractivity contribution is 6.35. The lowest BCUT2D eigenvalue weighted by molar-refractivity contribution is -0.126. The number of nitrogens with one attached hydrogen (secondary N) is 1. The molecule has 172 valence electrons. The molecule has 0 saturated heterocycles. The van der Waals surface area contributed by atoms with Gasteiger partial charge in [-0.05, 0) is 32.9 Å². The molecule has 0 saturated carbocycles. The maximum atomic E-state index is 12.9. The molecule has 0 aliphatic heterocycles. The zero-order valence-corrected chi connectivity index (χ0v) is 19.4. The van der Waals surface area contributed by atoms with Gasteiger partial charge < -0.3 is 24.3 Å². The molecule has 0 aliphatic rings. The van der Waals surface area contributed by atoms with Crippen molar-refractivity contribution in [3.63, 3.8) is 0 Å². The minimum Gasteiger partial charge on any atom is -0.497 e. The van der Waals surface area contributed by atoms with Crippen molar-refractivity contribution in [3.8, 4) is 23.0 Å². The van der Waals surface area contributed by atoms with Gasteiger partial charge in [-0.25, -0.2) is 0 Å². The number of halogens is 1. The van der Waals surface area contributed by atoms with Gasteiger partial charge in [0, 0.05) is 18.2 Å². The third kappa shape index (κ3) is 6.34. The minimum atomic E-state index is -1.41. The molecule has 0 heterocycles. The van der Waals surface area contributed by atoms with E-state index in [0.29, 0.717) is 41.9 Å². The molecular weight excluding hydrogens is 438 g/mol. The summed E-state index contributed by atoms with van der Waals surface area (Å²) in [6.45, 7) is 5.59. The Hall–Kier alpha value is -3.33. The number of carbonyl (C=O) groups is 2. The van der Waals surface area contributed by atoms with Crippen LogP contribution in [0.1, 0.15) is 20.8 Å². The number of carbonyl (C=O) groups excluding carboxylic acids is 2. The van der Waals surface area contributed by atoms with Gasteiger partial charge in [-0.15, -0.1) is 0 Å². The van der Waals surface area contributed by atoms with Crippen molar-refractivity contribution in [1.29, 1.82) is 0 Å². The molecule has 2 rings (SSSR count). The van der Waals surface area contributed by atoms with E-state index in [2.05, 4.69) is 15.5 Å². The largest absolute Gasteiger partial charge is 0.497 e. The number of ether oxygens (including phenoxy) is 4. The van der Waals surface area contributed by atoms with Crippen molar-refractivity contribution >= 4 is 34.7 Å². The molecule has 1 amide bonds. The Morgan fingerprint density at radius 1 is 1.00 bits per heavy atom. The van der Waals surface area contributed by atoms with Gasteiger partial charge in [-0.1, -0.05) is 11.6 Å². The normalized spacial score (nSPS) is 11.7. The first kappa shape index (κ1) is 24.9. The smallest absolute Gasteiger partial charge is 0.258 e. The van der Waals surface area contributed by atoms with Gasteiger partial charge in [-0.3, -0.25) is 9.59 Å². The zero-order chi connectivity index (χ0) is 23.7. The molecule has 0 fully saturated rings. The number of methoxy groups -OCH3 is 2. The van der Waals surface area contributed by atoms with Crippen LogP contribution in [0.5, 0.6) is 23.0 Å². The van der Waals surface area contributed by atoms with Gasteiger partial charge in [0.2, 0.25) is 6.04 Å². The molecule has 0 aromatic heterocycles. The van der Waals surface area contributed by atoms with Crippen LogP contribution < -0.4 is 24.3 Å². The average Bonchev–Trinajstić information content (AvgIpc) is 2.77. The van der Waals surface area contributed by atoms with Crippen molar-refractivity contribution in [2.75, 3.05) is 32.8 Å². The third-order valence-electron chi connectivity index (χ3n) is 4.17. The number of benzene rings is 2. The first-order valence-corrected chi connectivity index (χ1v) is 10.3. The van der Waals surface area contributed by atoms with Crippen LogP contribution in [0.4, 0.5) is 11.4 Å². The maximum Gasteiger partial charge on any atom is 0.258 e. The second-order valence-electron chi connectivity index (χ2n) is 6.41. The van der Waals surface area contributed by atoms with E-state index in [1.54, 1.807) is 37.3 Å². The fourth-order valence-corrected chi connectivity index (χ4v) is 2.94. The van der Waals surface area contributed by atoms with E-state index in [0.717, 1.165) is 0 Å². The van der Waals surface area contributed by atoms with Gasteiger partial charge in [0.15, 0.2) is 5.78 Å². The van der Waals surface area contributed by atoms with Gasteiger partial charge in [0.05, 0.1) is 33.1 Å². The van der Waals surface area contributed by atoms with Gasteiger partial charge >= 0.3 is 0 Å². The molecule has 1 atom stereocenters. The maximum absolute atomic E-state index is 12.9. The average molecular weight is 464 g/mol. The number of amides is 1. The molecule has 1 unspecified atom stereocenters. The van der Waals surface area contributed by atoms with Crippen molar-refractivity contribution in [1.82, 2.24) is 0 Å². The van der Waals surface area contributed by atoms with Crippen LogP contribution in [-0.4, -0.2) is 45.2 Å². The predicted molar refractivity (Wildman–Crippen MR) is 121 cm³/mol. The van der Waals surface area contributed by atoms with E-state index in [-0.39, 0.29) is 10.7 Å². The lowest BCUT2D eigenvalue weighted by atomic mass is 10.2. The monoisotopic (exact) mass is 463 g/mol.